The molecule has 0 aromatic heterocycles. The Morgan fingerprint density at radius 3 is 2.65 bits per heavy atom. The second kappa shape index (κ2) is 4.67. The van der Waals surface area contributed by atoms with E-state index in [1.807, 2.05) is 4.90 Å². The number of carboxylic acid groups (broad SMARTS) is 1. The zero-order chi connectivity index (χ0) is 12.6. The Balaban J connectivity index is 2.07. The molecule has 17 heavy (non-hydrogen) atoms. The average molecular weight is 239 g/mol. The molecule has 1 amide bonds. The Morgan fingerprint density at radius 2 is 2.06 bits per heavy atom. The highest BCUT2D eigenvalue weighted by Gasteiger charge is 2.41. The maximum atomic E-state index is 11.9. The lowest BCUT2D eigenvalue weighted by Gasteiger charge is -2.39. The number of carbonyl (C=O) groups excluding carboxylic acids is 1. The van der Waals surface area contributed by atoms with Crippen LogP contribution < -0.4 is 0 Å². The number of amides is 1. The molecule has 0 unspecified atom stereocenters. The van der Waals surface area contributed by atoms with E-state index in [-0.39, 0.29) is 18.4 Å². The lowest BCUT2D eigenvalue weighted by molar-refractivity contribution is -0.141. The Hall–Kier alpha value is -1.06. The molecule has 2 fully saturated rings. The maximum absolute atomic E-state index is 11.9. The van der Waals surface area contributed by atoms with Crippen molar-refractivity contribution in [1.29, 1.82) is 0 Å². The van der Waals surface area contributed by atoms with Gasteiger partial charge in [-0.1, -0.05) is 26.7 Å². The number of aliphatic carboxylic acids is 1. The van der Waals surface area contributed by atoms with Gasteiger partial charge >= 0.3 is 5.97 Å². The van der Waals surface area contributed by atoms with Crippen molar-refractivity contribution < 1.29 is 14.7 Å². The summed E-state index contributed by atoms with van der Waals surface area (Å²) in [6, 6.07) is 0.260. The Labute approximate surface area is 102 Å². The molecular formula is C13H21NO3. The number of hydrogen-bond donors (Lipinski definition) is 1. The summed E-state index contributed by atoms with van der Waals surface area (Å²) in [5.41, 5.74) is 0. The van der Waals surface area contributed by atoms with Crippen LogP contribution in [-0.4, -0.2) is 34.5 Å². The zero-order valence-corrected chi connectivity index (χ0v) is 10.6. The van der Waals surface area contributed by atoms with Crippen molar-refractivity contribution in [2.24, 2.45) is 17.8 Å². The monoisotopic (exact) mass is 239 g/mol. The van der Waals surface area contributed by atoms with Crippen molar-refractivity contribution in [1.82, 2.24) is 4.90 Å². The molecule has 0 spiro atoms. The largest absolute Gasteiger partial charge is 0.481 e. The van der Waals surface area contributed by atoms with Gasteiger partial charge in [0.1, 0.15) is 0 Å². The summed E-state index contributed by atoms with van der Waals surface area (Å²) in [5, 5.41) is 8.99. The van der Waals surface area contributed by atoms with Crippen molar-refractivity contribution in [2.75, 3.05) is 6.54 Å². The SMILES string of the molecule is C[C@H]1[C@H](N2C[C@H](C(=O)O)CC2=O)CCC[C@@H]1C. The Bertz CT molecular complexity index is 329. The van der Waals surface area contributed by atoms with E-state index in [2.05, 4.69) is 13.8 Å². The van der Waals surface area contributed by atoms with Crippen LogP contribution in [0.4, 0.5) is 0 Å². The molecule has 4 heteroatoms. The van der Waals surface area contributed by atoms with Gasteiger partial charge in [-0.25, -0.2) is 0 Å². The van der Waals surface area contributed by atoms with E-state index >= 15 is 0 Å². The van der Waals surface area contributed by atoms with Crippen LogP contribution in [0.15, 0.2) is 0 Å². The molecule has 4 atom stereocenters. The summed E-state index contributed by atoms with van der Waals surface area (Å²) >= 11 is 0. The van der Waals surface area contributed by atoms with Crippen LogP contribution in [-0.2, 0) is 9.59 Å². The van der Waals surface area contributed by atoms with Gasteiger partial charge in [0, 0.05) is 19.0 Å². The first-order valence-corrected chi connectivity index (χ1v) is 6.53. The first-order chi connectivity index (χ1) is 8.00. The van der Waals surface area contributed by atoms with Crippen molar-refractivity contribution >= 4 is 11.9 Å². The van der Waals surface area contributed by atoms with Crippen LogP contribution in [0.2, 0.25) is 0 Å². The van der Waals surface area contributed by atoms with Gasteiger partial charge in [-0.05, 0) is 18.3 Å². The number of rotatable bonds is 2. The molecule has 1 saturated heterocycles. The fourth-order valence-corrected chi connectivity index (χ4v) is 3.21. The first kappa shape index (κ1) is 12.4. The Kier molecular flexibility index (Phi) is 3.40. The van der Waals surface area contributed by atoms with Crippen molar-refractivity contribution in [2.45, 2.75) is 45.6 Å². The van der Waals surface area contributed by atoms with E-state index in [1.54, 1.807) is 0 Å². The van der Waals surface area contributed by atoms with Gasteiger partial charge in [-0.2, -0.15) is 0 Å². The maximum Gasteiger partial charge on any atom is 0.308 e. The minimum atomic E-state index is -0.836. The number of carboxylic acids is 1. The fourth-order valence-electron chi connectivity index (χ4n) is 3.21. The highest BCUT2D eigenvalue weighted by molar-refractivity contribution is 5.86. The number of nitrogens with zero attached hydrogens (tertiary/aromatic N) is 1. The third-order valence-electron chi connectivity index (χ3n) is 4.57. The molecular weight excluding hydrogens is 218 g/mol. The van der Waals surface area contributed by atoms with Crippen LogP contribution in [0, 0.1) is 17.8 Å². The number of hydrogen-bond acceptors (Lipinski definition) is 2. The predicted molar refractivity (Wildman–Crippen MR) is 63.4 cm³/mol. The lowest BCUT2D eigenvalue weighted by atomic mass is 9.77. The average Bonchev–Trinajstić information content (AvgIpc) is 2.65. The minimum absolute atomic E-state index is 0.0309. The van der Waals surface area contributed by atoms with Gasteiger partial charge in [-0.15, -0.1) is 0 Å². The molecule has 2 rings (SSSR count). The zero-order valence-electron chi connectivity index (χ0n) is 10.6. The van der Waals surface area contributed by atoms with Gasteiger partial charge in [0.15, 0.2) is 0 Å². The lowest BCUT2D eigenvalue weighted by Crippen LogP contribution is -2.45. The number of carbonyl (C=O) groups is 2. The van der Waals surface area contributed by atoms with Gasteiger partial charge < -0.3 is 10.0 Å². The normalized spacial score (nSPS) is 38.5. The quantitative estimate of drug-likeness (QED) is 0.798. The summed E-state index contributed by atoms with van der Waals surface area (Å²) in [5.74, 6) is -0.182. The standard InChI is InChI=1S/C13H21NO3/c1-8-4-3-5-11(9(8)2)14-7-10(13(16)17)6-12(14)15/h8-11H,3-7H2,1-2H3,(H,16,17)/t8-,9+,10+,11+/m0/s1. The van der Waals surface area contributed by atoms with Gasteiger partial charge in [0.25, 0.3) is 0 Å². The van der Waals surface area contributed by atoms with E-state index in [0.29, 0.717) is 18.4 Å². The van der Waals surface area contributed by atoms with Crippen LogP contribution in [0.25, 0.3) is 0 Å². The second-order valence-electron chi connectivity index (χ2n) is 5.62. The fraction of sp³-hybridized carbons (Fsp3) is 0.846. The van der Waals surface area contributed by atoms with Gasteiger partial charge in [0.2, 0.25) is 5.91 Å². The van der Waals surface area contributed by atoms with Crippen LogP contribution in [0.5, 0.6) is 0 Å². The summed E-state index contributed by atoms with van der Waals surface area (Å²) in [4.78, 5) is 24.7. The molecule has 2 aliphatic rings. The topological polar surface area (TPSA) is 57.6 Å². The first-order valence-electron chi connectivity index (χ1n) is 6.53. The van der Waals surface area contributed by atoms with Crippen LogP contribution >= 0.6 is 0 Å². The van der Waals surface area contributed by atoms with Crippen LogP contribution in [0.1, 0.15) is 39.5 Å². The van der Waals surface area contributed by atoms with E-state index in [4.69, 9.17) is 5.11 Å². The molecule has 0 aromatic carbocycles. The summed E-state index contributed by atoms with van der Waals surface area (Å²) in [6.07, 6.45) is 3.59. The van der Waals surface area contributed by atoms with E-state index in [0.717, 1.165) is 12.8 Å². The third-order valence-corrected chi connectivity index (χ3v) is 4.57. The molecule has 0 aromatic rings. The predicted octanol–water partition coefficient (Wildman–Crippen LogP) is 1.74. The van der Waals surface area contributed by atoms with Crippen molar-refractivity contribution in [3.05, 3.63) is 0 Å². The van der Waals surface area contributed by atoms with E-state index in [1.165, 1.54) is 6.42 Å². The second-order valence-corrected chi connectivity index (χ2v) is 5.62. The molecule has 1 aliphatic carbocycles. The Morgan fingerprint density at radius 1 is 1.35 bits per heavy atom. The van der Waals surface area contributed by atoms with Gasteiger partial charge in [0.05, 0.1) is 5.92 Å². The smallest absolute Gasteiger partial charge is 0.308 e. The summed E-state index contributed by atoms with van der Waals surface area (Å²) in [6.45, 7) is 4.83. The molecule has 1 saturated carbocycles. The molecule has 0 bridgehead atoms. The summed E-state index contributed by atoms with van der Waals surface area (Å²) < 4.78 is 0. The molecule has 4 nitrogen and oxygen atoms in total. The minimum Gasteiger partial charge on any atom is -0.481 e. The van der Waals surface area contributed by atoms with E-state index < -0.39 is 11.9 Å². The third kappa shape index (κ3) is 2.31. The highest BCUT2D eigenvalue weighted by atomic mass is 16.4. The number of likely N-dealkylation sites (tertiary alicyclic amines) is 1. The van der Waals surface area contributed by atoms with Gasteiger partial charge in [-0.3, -0.25) is 9.59 Å². The van der Waals surface area contributed by atoms with Crippen molar-refractivity contribution in [3.63, 3.8) is 0 Å². The molecule has 96 valence electrons. The van der Waals surface area contributed by atoms with Crippen LogP contribution in [0.3, 0.4) is 0 Å². The van der Waals surface area contributed by atoms with E-state index in [9.17, 15) is 9.59 Å². The summed E-state index contributed by atoms with van der Waals surface area (Å²) in [7, 11) is 0. The molecule has 0 radical (unpaired) electrons. The molecule has 1 aliphatic heterocycles. The molecule has 1 N–H and O–H groups in total. The molecule has 1 heterocycles. The highest BCUT2D eigenvalue weighted by Crippen LogP contribution is 2.35. The van der Waals surface area contributed by atoms with Crippen molar-refractivity contribution in [3.8, 4) is 0 Å².